The number of carbonyl (C=O) groups is 1. The minimum absolute atomic E-state index is 0.0360. The number of hydrogen-bond donors (Lipinski definition) is 1. The van der Waals surface area contributed by atoms with Crippen molar-refractivity contribution in [2.24, 2.45) is 5.41 Å². The molecule has 0 aromatic heterocycles. The van der Waals surface area contributed by atoms with E-state index in [1.165, 1.54) is 0 Å². The number of ketones is 1. The Bertz CT molecular complexity index is 178. The second-order valence-corrected chi connectivity index (χ2v) is 3.19. The Kier molecular flexibility index (Phi) is 2.45. The number of allylic oxidation sites excluding steroid dienone is 1. The third-order valence-electron chi connectivity index (χ3n) is 2.38. The van der Waals surface area contributed by atoms with Gasteiger partial charge >= 0.3 is 0 Å². The Morgan fingerprint density at radius 1 is 1.55 bits per heavy atom. The topological polar surface area (TPSA) is 37.3 Å². The highest BCUT2D eigenvalue weighted by Gasteiger charge is 2.45. The predicted molar refractivity (Wildman–Crippen MR) is 43.2 cm³/mol. The second-order valence-electron chi connectivity index (χ2n) is 3.19. The van der Waals surface area contributed by atoms with Gasteiger partial charge in [0, 0.05) is 5.41 Å². The molecule has 11 heavy (non-hydrogen) atoms. The summed E-state index contributed by atoms with van der Waals surface area (Å²) in [5.74, 6) is 0.292. The van der Waals surface area contributed by atoms with Gasteiger partial charge in [-0.05, 0) is 26.2 Å². The van der Waals surface area contributed by atoms with Gasteiger partial charge in [-0.25, -0.2) is 0 Å². The third-order valence-corrected chi connectivity index (χ3v) is 2.38. The molecule has 1 aliphatic carbocycles. The first-order chi connectivity index (χ1) is 5.21. The molecule has 1 rings (SSSR count). The van der Waals surface area contributed by atoms with Crippen molar-refractivity contribution in [3.05, 3.63) is 12.2 Å². The lowest BCUT2D eigenvalue weighted by Gasteiger charge is -2.05. The largest absolute Gasteiger partial charge is 0.392 e. The third kappa shape index (κ3) is 1.90. The maximum Gasteiger partial charge on any atom is 0.136 e. The Labute approximate surface area is 66.9 Å². The van der Waals surface area contributed by atoms with Crippen molar-refractivity contribution < 1.29 is 9.90 Å². The van der Waals surface area contributed by atoms with Gasteiger partial charge in [0.2, 0.25) is 0 Å². The van der Waals surface area contributed by atoms with Crippen LogP contribution < -0.4 is 0 Å². The van der Waals surface area contributed by atoms with Gasteiger partial charge in [-0.3, -0.25) is 4.79 Å². The quantitative estimate of drug-likeness (QED) is 0.619. The minimum atomic E-state index is -0.0360. The highest BCUT2D eigenvalue weighted by molar-refractivity contribution is 5.85. The zero-order valence-electron chi connectivity index (χ0n) is 6.84. The SMILES string of the molecule is CC(=O)C1(C/C=C/CO)CC1. The Hall–Kier alpha value is -0.630. The van der Waals surface area contributed by atoms with Gasteiger partial charge in [-0.2, -0.15) is 0 Å². The molecule has 0 aliphatic heterocycles. The summed E-state index contributed by atoms with van der Waals surface area (Å²) in [6, 6.07) is 0. The van der Waals surface area contributed by atoms with E-state index in [0.29, 0.717) is 5.78 Å². The fourth-order valence-corrected chi connectivity index (χ4v) is 1.23. The monoisotopic (exact) mass is 154 g/mol. The zero-order valence-corrected chi connectivity index (χ0v) is 6.84. The lowest BCUT2D eigenvalue weighted by Crippen LogP contribution is -2.10. The van der Waals surface area contributed by atoms with E-state index in [9.17, 15) is 4.79 Å². The first-order valence-electron chi connectivity index (χ1n) is 3.98. The van der Waals surface area contributed by atoms with Gasteiger partial charge in [-0.15, -0.1) is 0 Å². The minimum Gasteiger partial charge on any atom is -0.392 e. The van der Waals surface area contributed by atoms with Crippen LogP contribution in [-0.4, -0.2) is 17.5 Å². The molecule has 0 radical (unpaired) electrons. The van der Waals surface area contributed by atoms with Crippen molar-refractivity contribution >= 4 is 5.78 Å². The Morgan fingerprint density at radius 2 is 2.18 bits per heavy atom. The average molecular weight is 154 g/mol. The summed E-state index contributed by atoms with van der Waals surface area (Å²) in [6.45, 7) is 1.73. The molecular formula is C9H14O2. The van der Waals surface area contributed by atoms with E-state index in [2.05, 4.69) is 0 Å². The summed E-state index contributed by atoms with van der Waals surface area (Å²) < 4.78 is 0. The van der Waals surface area contributed by atoms with Crippen LogP contribution in [-0.2, 0) is 4.79 Å². The summed E-state index contributed by atoms with van der Waals surface area (Å²) in [5.41, 5.74) is -0.0360. The maximum atomic E-state index is 11.0. The number of aliphatic hydroxyl groups excluding tert-OH is 1. The van der Waals surface area contributed by atoms with Gasteiger partial charge < -0.3 is 5.11 Å². The Morgan fingerprint density at radius 3 is 2.55 bits per heavy atom. The van der Waals surface area contributed by atoms with Crippen LogP contribution in [0.25, 0.3) is 0 Å². The van der Waals surface area contributed by atoms with Crippen molar-refractivity contribution in [1.29, 1.82) is 0 Å². The fraction of sp³-hybridized carbons (Fsp3) is 0.667. The summed E-state index contributed by atoms with van der Waals surface area (Å²) in [7, 11) is 0. The van der Waals surface area contributed by atoms with E-state index in [0.717, 1.165) is 19.3 Å². The predicted octanol–water partition coefficient (Wildman–Crippen LogP) is 1.29. The Balaban J connectivity index is 2.36. The first-order valence-corrected chi connectivity index (χ1v) is 3.98. The summed E-state index contributed by atoms with van der Waals surface area (Å²) in [5, 5.41) is 8.45. The molecule has 0 saturated heterocycles. The van der Waals surface area contributed by atoms with Crippen LogP contribution in [0.4, 0.5) is 0 Å². The summed E-state index contributed by atoms with van der Waals surface area (Å²) in [4.78, 5) is 11.0. The molecule has 62 valence electrons. The molecule has 0 bridgehead atoms. The summed E-state index contributed by atoms with van der Waals surface area (Å²) >= 11 is 0. The van der Waals surface area contributed by atoms with E-state index in [-0.39, 0.29) is 12.0 Å². The summed E-state index contributed by atoms with van der Waals surface area (Å²) in [6.07, 6.45) is 6.45. The highest BCUT2D eigenvalue weighted by atomic mass is 16.2. The zero-order chi connectivity index (χ0) is 8.32. The van der Waals surface area contributed by atoms with E-state index in [1.807, 2.05) is 6.08 Å². The highest BCUT2D eigenvalue weighted by Crippen LogP contribution is 2.49. The molecule has 0 unspecified atom stereocenters. The van der Waals surface area contributed by atoms with Crippen LogP contribution in [0.3, 0.4) is 0 Å². The smallest absolute Gasteiger partial charge is 0.136 e. The second kappa shape index (κ2) is 3.18. The number of aliphatic hydroxyl groups is 1. The molecular weight excluding hydrogens is 140 g/mol. The molecule has 0 amide bonds. The number of rotatable bonds is 4. The fourth-order valence-electron chi connectivity index (χ4n) is 1.23. The molecule has 1 aliphatic rings. The first kappa shape index (κ1) is 8.47. The van der Waals surface area contributed by atoms with E-state index >= 15 is 0 Å². The standard InChI is InChI=1S/C9H14O2/c1-8(11)9(5-6-9)4-2-3-7-10/h2-3,10H,4-7H2,1H3/b3-2+. The van der Waals surface area contributed by atoms with Crippen molar-refractivity contribution in [3.8, 4) is 0 Å². The van der Waals surface area contributed by atoms with Gasteiger partial charge in [0.05, 0.1) is 6.61 Å². The lowest BCUT2D eigenvalue weighted by atomic mass is 9.98. The van der Waals surface area contributed by atoms with Crippen molar-refractivity contribution in [3.63, 3.8) is 0 Å². The molecule has 0 aromatic carbocycles. The molecule has 1 N–H and O–H groups in total. The molecule has 1 saturated carbocycles. The number of Topliss-reactive ketones (excluding diaryl/α,β-unsaturated/α-hetero) is 1. The average Bonchev–Trinajstić information content (AvgIpc) is 2.70. The van der Waals surface area contributed by atoms with Gasteiger partial charge in [0.25, 0.3) is 0 Å². The normalized spacial score (nSPS) is 20.5. The number of hydrogen-bond acceptors (Lipinski definition) is 2. The molecule has 2 heteroatoms. The van der Waals surface area contributed by atoms with Gasteiger partial charge in [0.15, 0.2) is 0 Å². The van der Waals surface area contributed by atoms with Crippen LogP contribution >= 0.6 is 0 Å². The van der Waals surface area contributed by atoms with Crippen LogP contribution in [0.1, 0.15) is 26.2 Å². The molecule has 0 heterocycles. The van der Waals surface area contributed by atoms with E-state index in [4.69, 9.17) is 5.11 Å². The molecule has 0 spiro atoms. The van der Waals surface area contributed by atoms with Crippen LogP contribution in [0.5, 0.6) is 0 Å². The van der Waals surface area contributed by atoms with E-state index < -0.39 is 0 Å². The molecule has 0 atom stereocenters. The van der Waals surface area contributed by atoms with Crippen LogP contribution in [0.2, 0.25) is 0 Å². The maximum absolute atomic E-state index is 11.0. The van der Waals surface area contributed by atoms with Crippen LogP contribution in [0.15, 0.2) is 12.2 Å². The van der Waals surface area contributed by atoms with Gasteiger partial charge in [0.1, 0.15) is 5.78 Å². The molecule has 1 fully saturated rings. The van der Waals surface area contributed by atoms with Crippen molar-refractivity contribution in [2.45, 2.75) is 26.2 Å². The molecule has 2 nitrogen and oxygen atoms in total. The lowest BCUT2D eigenvalue weighted by molar-refractivity contribution is -0.121. The molecule has 0 aromatic rings. The van der Waals surface area contributed by atoms with Crippen LogP contribution in [0, 0.1) is 5.41 Å². The van der Waals surface area contributed by atoms with Crippen molar-refractivity contribution in [1.82, 2.24) is 0 Å². The van der Waals surface area contributed by atoms with Gasteiger partial charge in [-0.1, -0.05) is 12.2 Å². The van der Waals surface area contributed by atoms with Crippen molar-refractivity contribution in [2.75, 3.05) is 6.61 Å². The number of carbonyl (C=O) groups excluding carboxylic acids is 1. The van der Waals surface area contributed by atoms with E-state index in [1.54, 1.807) is 13.0 Å².